The molecule has 1 heterocycles. The molecule has 0 unspecified atom stereocenters. The normalized spacial score (nSPS) is 9.83. The summed E-state index contributed by atoms with van der Waals surface area (Å²) in [5.41, 5.74) is 6.95. The quantitative estimate of drug-likeness (QED) is 0.502. The van der Waals surface area contributed by atoms with Crippen LogP contribution in [0.25, 0.3) is 0 Å². The molecule has 66 valence electrons. The molecule has 0 aliphatic heterocycles. The lowest BCUT2D eigenvalue weighted by molar-refractivity contribution is -0.596. The van der Waals surface area contributed by atoms with Crippen molar-refractivity contribution in [2.24, 2.45) is 0 Å². The highest BCUT2D eigenvalue weighted by atomic mass is 16.5. The molecule has 0 aliphatic carbocycles. The summed E-state index contributed by atoms with van der Waals surface area (Å²) in [7, 11) is 0. The van der Waals surface area contributed by atoms with Gasteiger partial charge in [0, 0.05) is 18.3 Å². The van der Waals surface area contributed by atoms with Crippen LogP contribution in [-0.4, -0.2) is 6.54 Å². The molecule has 0 spiro atoms. The molecule has 1 aromatic rings. The lowest BCUT2D eigenvalue weighted by Gasteiger charge is -2.10. The van der Waals surface area contributed by atoms with Crippen LogP contribution in [0.3, 0.4) is 0 Å². The Kier molecular flexibility index (Phi) is 2.38. The van der Waals surface area contributed by atoms with Gasteiger partial charge in [0.25, 0.3) is 5.82 Å². The highest BCUT2D eigenvalue weighted by molar-refractivity contribution is 5.48. The van der Waals surface area contributed by atoms with E-state index in [-0.39, 0.29) is 5.82 Å². The molecule has 0 fully saturated rings. The monoisotopic (exact) mass is 167 g/mol. The second-order valence-corrected chi connectivity index (χ2v) is 2.63. The predicted octanol–water partition coefficient (Wildman–Crippen LogP) is 0.642. The average molecular weight is 167 g/mol. The van der Waals surface area contributed by atoms with E-state index < -0.39 is 0 Å². The Morgan fingerprint density at radius 3 is 2.75 bits per heavy atom. The van der Waals surface area contributed by atoms with E-state index in [2.05, 4.69) is 5.32 Å². The van der Waals surface area contributed by atoms with E-state index in [9.17, 15) is 5.21 Å². The third kappa shape index (κ3) is 1.58. The highest BCUT2D eigenvalue weighted by Gasteiger charge is 2.02. The van der Waals surface area contributed by atoms with Crippen molar-refractivity contribution in [3.8, 4) is 0 Å². The van der Waals surface area contributed by atoms with Crippen LogP contribution in [0.4, 0.5) is 11.5 Å². The van der Waals surface area contributed by atoms with Crippen molar-refractivity contribution in [2.75, 3.05) is 17.6 Å². The van der Waals surface area contributed by atoms with Crippen molar-refractivity contribution in [3.63, 3.8) is 0 Å². The van der Waals surface area contributed by atoms with E-state index in [0.717, 1.165) is 12.2 Å². The zero-order valence-electron chi connectivity index (χ0n) is 7.29. The van der Waals surface area contributed by atoms with Gasteiger partial charge in [-0.25, -0.2) is 4.73 Å². The molecule has 0 saturated carbocycles. The Hall–Kier alpha value is -1.45. The van der Waals surface area contributed by atoms with Gasteiger partial charge >= 0.3 is 0 Å². The van der Waals surface area contributed by atoms with E-state index in [4.69, 9.17) is 5.73 Å². The molecule has 4 nitrogen and oxygen atoms in total. The fourth-order valence-corrected chi connectivity index (χ4v) is 1.05. The molecule has 1 rings (SSSR count). The number of hydrogen-bond acceptors (Lipinski definition) is 3. The molecule has 0 bridgehead atoms. The van der Waals surface area contributed by atoms with Gasteiger partial charge in [-0.05, 0) is 13.8 Å². The van der Waals surface area contributed by atoms with Gasteiger partial charge in [0.15, 0.2) is 0 Å². The van der Waals surface area contributed by atoms with Crippen LogP contribution in [0.5, 0.6) is 0 Å². The molecule has 4 heteroatoms. The second-order valence-electron chi connectivity index (χ2n) is 2.63. The molecular weight excluding hydrogens is 154 g/mol. The largest absolute Gasteiger partial charge is 0.710 e. The minimum Gasteiger partial charge on any atom is -0.710 e. The number of rotatable bonds is 2. The average Bonchev–Trinajstić information content (AvgIpc) is 2.01. The van der Waals surface area contributed by atoms with Crippen LogP contribution >= 0.6 is 0 Å². The molecular formula is C8H13N3O. The summed E-state index contributed by atoms with van der Waals surface area (Å²) < 4.78 is 0.709. The summed E-state index contributed by atoms with van der Waals surface area (Å²) in [6.07, 6.45) is 0. The SMILES string of the molecule is CCNc1cc(C)[n+]([O-])c(N)c1. The minimum atomic E-state index is 0.228. The van der Waals surface area contributed by atoms with Crippen LogP contribution in [0.2, 0.25) is 0 Å². The Labute approximate surface area is 71.6 Å². The van der Waals surface area contributed by atoms with Gasteiger partial charge in [0.1, 0.15) is 5.69 Å². The van der Waals surface area contributed by atoms with Gasteiger partial charge in [-0.1, -0.05) is 0 Å². The third-order valence-corrected chi connectivity index (χ3v) is 1.60. The number of nitrogens with two attached hydrogens (primary N) is 1. The third-order valence-electron chi connectivity index (χ3n) is 1.60. The summed E-state index contributed by atoms with van der Waals surface area (Å²) in [4.78, 5) is 0. The van der Waals surface area contributed by atoms with Crippen molar-refractivity contribution in [3.05, 3.63) is 23.0 Å². The van der Waals surface area contributed by atoms with Crippen LogP contribution < -0.4 is 15.8 Å². The van der Waals surface area contributed by atoms with E-state index in [1.165, 1.54) is 0 Å². The molecule has 3 N–H and O–H groups in total. The maximum atomic E-state index is 11.1. The molecule has 0 atom stereocenters. The lowest BCUT2D eigenvalue weighted by atomic mass is 10.3. The summed E-state index contributed by atoms with van der Waals surface area (Å²) >= 11 is 0. The molecule has 0 aromatic carbocycles. The van der Waals surface area contributed by atoms with E-state index in [0.29, 0.717) is 10.4 Å². The maximum absolute atomic E-state index is 11.1. The topological polar surface area (TPSA) is 65.0 Å². The van der Waals surface area contributed by atoms with Crippen molar-refractivity contribution >= 4 is 11.5 Å². The number of pyridine rings is 1. The zero-order chi connectivity index (χ0) is 9.14. The summed E-state index contributed by atoms with van der Waals surface area (Å²) in [5.74, 6) is 0.228. The summed E-state index contributed by atoms with van der Waals surface area (Å²) in [6, 6.07) is 3.40. The second kappa shape index (κ2) is 3.30. The van der Waals surface area contributed by atoms with Gasteiger partial charge < -0.3 is 10.5 Å². The molecule has 0 radical (unpaired) electrons. The standard InChI is InChI=1S/C8H13N3O/c1-3-10-7-4-6(2)11(12)8(9)5-7/h4-5,10H,3,9H2,1-2H3. The maximum Gasteiger partial charge on any atom is 0.277 e. The number of nitrogens with zero attached hydrogens (tertiary/aromatic N) is 1. The lowest BCUT2D eigenvalue weighted by Crippen LogP contribution is -2.33. The summed E-state index contributed by atoms with van der Waals surface area (Å²) in [6.45, 7) is 4.54. The smallest absolute Gasteiger partial charge is 0.277 e. The molecule has 12 heavy (non-hydrogen) atoms. The van der Waals surface area contributed by atoms with Crippen molar-refractivity contribution < 1.29 is 4.73 Å². The van der Waals surface area contributed by atoms with Crippen LogP contribution in [0.15, 0.2) is 12.1 Å². The van der Waals surface area contributed by atoms with Crippen molar-refractivity contribution in [1.82, 2.24) is 0 Å². The van der Waals surface area contributed by atoms with E-state index >= 15 is 0 Å². The summed E-state index contributed by atoms with van der Waals surface area (Å²) in [5, 5.41) is 14.2. The van der Waals surface area contributed by atoms with Gasteiger partial charge in [-0.15, -0.1) is 0 Å². The first-order valence-corrected chi connectivity index (χ1v) is 3.88. The molecule has 0 aliphatic rings. The van der Waals surface area contributed by atoms with Crippen LogP contribution in [0, 0.1) is 12.1 Å². The first-order valence-electron chi connectivity index (χ1n) is 3.88. The Bertz CT molecular complexity index is 263. The fraction of sp³-hybridized carbons (Fsp3) is 0.375. The highest BCUT2D eigenvalue weighted by Crippen LogP contribution is 2.09. The number of aryl methyl sites for hydroxylation is 1. The van der Waals surface area contributed by atoms with Crippen LogP contribution in [0.1, 0.15) is 12.6 Å². The molecule has 1 aromatic heterocycles. The van der Waals surface area contributed by atoms with Crippen molar-refractivity contribution in [2.45, 2.75) is 13.8 Å². The molecule has 0 amide bonds. The fourth-order valence-electron chi connectivity index (χ4n) is 1.05. The van der Waals surface area contributed by atoms with Crippen LogP contribution in [-0.2, 0) is 0 Å². The van der Waals surface area contributed by atoms with E-state index in [1.54, 1.807) is 19.1 Å². The minimum absolute atomic E-state index is 0.228. The number of anilines is 2. The first-order chi connectivity index (χ1) is 5.65. The Morgan fingerprint density at radius 2 is 2.25 bits per heavy atom. The first kappa shape index (κ1) is 8.64. The number of hydrogen-bond donors (Lipinski definition) is 2. The van der Waals surface area contributed by atoms with Gasteiger partial charge in [-0.3, -0.25) is 5.73 Å². The Morgan fingerprint density at radius 1 is 1.58 bits per heavy atom. The Balaban J connectivity index is 3.04. The number of nitrogens with one attached hydrogen (secondary N) is 1. The number of nitrogen functional groups attached to an aromatic ring is 1. The predicted molar refractivity (Wildman–Crippen MR) is 48.7 cm³/mol. The number of aromatic nitrogens is 1. The van der Waals surface area contributed by atoms with Crippen molar-refractivity contribution in [1.29, 1.82) is 0 Å². The molecule has 0 saturated heterocycles. The van der Waals surface area contributed by atoms with Gasteiger partial charge in [-0.2, -0.15) is 0 Å². The van der Waals surface area contributed by atoms with Gasteiger partial charge in [0.2, 0.25) is 0 Å². The van der Waals surface area contributed by atoms with Gasteiger partial charge in [0.05, 0.1) is 6.07 Å². The zero-order valence-corrected chi connectivity index (χ0v) is 7.29. The van der Waals surface area contributed by atoms with E-state index in [1.807, 2.05) is 6.92 Å².